The number of sulfone groups is 1. The van der Waals surface area contributed by atoms with Gasteiger partial charge in [-0.1, -0.05) is 12.1 Å². The molecule has 0 amide bonds. The fraction of sp³-hybridized carbons (Fsp3) is 0.222. The third-order valence-electron chi connectivity index (χ3n) is 1.93. The lowest BCUT2D eigenvalue weighted by Crippen LogP contribution is -2.00. The van der Waals surface area contributed by atoms with Crippen molar-refractivity contribution in [2.24, 2.45) is 0 Å². The van der Waals surface area contributed by atoms with Gasteiger partial charge in [0.1, 0.15) is 7.85 Å². The van der Waals surface area contributed by atoms with Crippen molar-refractivity contribution in [3.63, 3.8) is 0 Å². The van der Waals surface area contributed by atoms with Crippen LogP contribution in [0.2, 0.25) is 6.32 Å². The minimum atomic E-state index is -3.16. The highest BCUT2D eigenvalue weighted by Gasteiger charge is 2.08. The van der Waals surface area contributed by atoms with E-state index < -0.39 is 9.84 Å². The summed E-state index contributed by atoms with van der Waals surface area (Å²) >= 11 is 0. The first kappa shape index (κ1) is 11.0. The van der Waals surface area contributed by atoms with Gasteiger partial charge in [0.2, 0.25) is 0 Å². The van der Waals surface area contributed by atoms with Crippen LogP contribution in [-0.2, 0) is 9.84 Å². The van der Waals surface area contributed by atoms with E-state index in [2.05, 4.69) is 0 Å². The van der Waals surface area contributed by atoms with Gasteiger partial charge in [-0.3, -0.25) is 4.79 Å². The van der Waals surface area contributed by atoms with Gasteiger partial charge >= 0.3 is 0 Å². The van der Waals surface area contributed by atoms with E-state index in [1.165, 1.54) is 12.1 Å². The largest absolute Gasteiger partial charge is 0.295 e. The number of benzene rings is 1. The van der Waals surface area contributed by atoms with Gasteiger partial charge in [-0.05, 0) is 18.5 Å². The van der Waals surface area contributed by atoms with Gasteiger partial charge in [0.25, 0.3) is 0 Å². The first-order valence-corrected chi connectivity index (χ1v) is 6.17. The minimum Gasteiger partial charge on any atom is -0.295 e. The summed E-state index contributed by atoms with van der Waals surface area (Å²) in [6.07, 6.45) is 1.57. The standard InChI is InChI=1S/C9H11BO3S/c1-14(12,13)8-4-2-7(3-5-8)9(11)6-10/h2-5H,6,10H2,1H3. The highest BCUT2D eigenvalue weighted by Crippen LogP contribution is 2.11. The molecule has 0 atom stereocenters. The third kappa shape index (κ3) is 2.45. The van der Waals surface area contributed by atoms with Gasteiger partial charge in [-0.2, -0.15) is 0 Å². The van der Waals surface area contributed by atoms with Gasteiger partial charge in [0, 0.05) is 11.8 Å². The van der Waals surface area contributed by atoms with Crippen LogP contribution in [0.4, 0.5) is 0 Å². The summed E-state index contributed by atoms with van der Waals surface area (Å²) in [6, 6.07) is 6.00. The molecule has 0 N–H and O–H groups in total. The van der Waals surface area contributed by atoms with Crippen molar-refractivity contribution in [1.29, 1.82) is 0 Å². The third-order valence-corrected chi connectivity index (χ3v) is 3.05. The van der Waals surface area contributed by atoms with Crippen molar-refractivity contribution >= 4 is 23.5 Å². The zero-order chi connectivity index (χ0) is 10.8. The van der Waals surface area contributed by atoms with Crippen LogP contribution in [0.25, 0.3) is 0 Å². The number of carbonyl (C=O) groups is 1. The quantitative estimate of drug-likeness (QED) is 0.533. The van der Waals surface area contributed by atoms with Crippen LogP contribution < -0.4 is 0 Å². The van der Waals surface area contributed by atoms with E-state index in [-0.39, 0.29) is 10.7 Å². The zero-order valence-electron chi connectivity index (χ0n) is 8.15. The molecule has 0 spiro atoms. The maximum atomic E-state index is 11.2. The Labute approximate surface area is 84.5 Å². The van der Waals surface area contributed by atoms with E-state index >= 15 is 0 Å². The molecule has 3 nitrogen and oxygen atoms in total. The summed E-state index contributed by atoms with van der Waals surface area (Å²) in [7, 11) is -1.39. The molecule has 14 heavy (non-hydrogen) atoms. The second-order valence-electron chi connectivity index (χ2n) is 3.07. The van der Waals surface area contributed by atoms with Crippen molar-refractivity contribution in [2.75, 3.05) is 6.26 Å². The van der Waals surface area contributed by atoms with Crippen molar-refractivity contribution in [3.05, 3.63) is 29.8 Å². The molecule has 1 rings (SSSR count). The van der Waals surface area contributed by atoms with Crippen LogP contribution in [0, 0.1) is 0 Å². The molecule has 0 saturated carbocycles. The lowest BCUT2D eigenvalue weighted by Gasteiger charge is -2.00. The molecule has 0 aliphatic heterocycles. The smallest absolute Gasteiger partial charge is 0.175 e. The summed E-state index contributed by atoms with van der Waals surface area (Å²) in [6.45, 7) is 0. The molecule has 0 aliphatic rings. The molecule has 0 unspecified atom stereocenters. The van der Waals surface area contributed by atoms with Crippen LogP contribution in [-0.4, -0.2) is 28.3 Å². The maximum absolute atomic E-state index is 11.2. The molecule has 0 fully saturated rings. The predicted molar refractivity (Wildman–Crippen MR) is 57.2 cm³/mol. The van der Waals surface area contributed by atoms with Crippen molar-refractivity contribution < 1.29 is 13.2 Å². The maximum Gasteiger partial charge on any atom is 0.175 e. The molecule has 1 aromatic carbocycles. The molecule has 0 aromatic heterocycles. The lowest BCUT2D eigenvalue weighted by atomic mass is 9.96. The Morgan fingerprint density at radius 2 is 1.79 bits per heavy atom. The van der Waals surface area contributed by atoms with Crippen molar-refractivity contribution in [3.8, 4) is 0 Å². The van der Waals surface area contributed by atoms with E-state index in [0.29, 0.717) is 11.9 Å². The summed E-state index contributed by atoms with van der Waals surface area (Å²) in [5.41, 5.74) is 0.555. The number of hydrogen-bond donors (Lipinski definition) is 0. The summed E-state index contributed by atoms with van der Waals surface area (Å²) in [4.78, 5) is 11.5. The van der Waals surface area contributed by atoms with Crippen LogP contribution in [0.5, 0.6) is 0 Å². The first-order chi connectivity index (χ1) is 6.45. The van der Waals surface area contributed by atoms with E-state index in [1.807, 2.05) is 0 Å². The lowest BCUT2D eigenvalue weighted by molar-refractivity contribution is 0.101. The molecular weight excluding hydrogens is 199 g/mol. The van der Waals surface area contributed by atoms with Crippen LogP contribution >= 0.6 is 0 Å². The van der Waals surface area contributed by atoms with E-state index in [9.17, 15) is 13.2 Å². The Bertz CT molecular complexity index is 434. The number of rotatable bonds is 3. The van der Waals surface area contributed by atoms with Gasteiger partial charge < -0.3 is 0 Å². The average Bonchev–Trinajstić information content (AvgIpc) is 2.15. The molecule has 0 saturated heterocycles. The van der Waals surface area contributed by atoms with Crippen LogP contribution in [0.3, 0.4) is 0 Å². The molecule has 0 radical (unpaired) electrons. The van der Waals surface area contributed by atoms with Crippen LogP contribution in [0.15, 0.2) is 29.2 Å². The van der Waals surface area contributed by atoms with Gasteiger partial charge in [-0.15, -0.1) is 0 Å². The topological polar surface area (TPSA) is 51.2 Å². The second-order valence-corrected chi connectivity index (χ2v) is 5.09. The van der Waals surface area contributed by atoms with E-state index in [1.54, 1.807) is 20.0 Å². The Morgan fingerprint density at radius 1 is 1.29 bits per heavy atom. The van der Waals surface area contributed by atoms with Gasteiger partial charge in [0.15, 0.2) is 15.6 Å². The number of ketones is 1. The number of Topliss-reactive ketones (excluding diaryl/α,β-unsaturated/α-hetero) is 1. The number of hydrogen-bond acceptors (Lipinski definition) is 3. The molecule has 5 heteroatoms. The zero-order valence-corrected chi connectivity index (χ0v) is 8.97. The van der Waals surface area contributed by atoms with E-state index in [4.69, 9.17) is 0 Å². The molecule has 74 valence electrons. The van der Waals surface area contributed by atoms with Gasteiger partial charge in [-0.25, -0.2) is 8.42 Å². The number of carbonyl (C=O) groups excluding carboxylic acids is 1. The summed E-state index contributed by atoms with van der Waals surface area (Å²) in [5.74, 6) is 0.0186. The first-order valence-electron chi connectivity index (χ1n) is 4.28. The average molecular weight is 210 g/mol. The molecule has 0 aliphatic carbocycles. The Kier molecular flexibility index (Phi) is 3.11. The Morgan fingerprint density at radius 3 is 2.14 bits per heavy atom. The highest BCUT2D eigenvalue weighted by molar-refractivity contribution is 7.90. The molecular formula is C9H11BO3S. The SMILES string of the molecule is BCC(=O)c1ccc(S(C)(=O)=O)cc1. The Hall–Kier alpha value is -1.10. The second kappa shape index (κ2) is 3.96. The molecule has 0 heterocycles. The van der Waals surface area contributed by atoms with Crippen molar-refractivity contribution in [1.82, 2.24) is 0 Å². The van der Waals surface area contributed by atoms with Crippen LogP contribution in [0.1, 0.15) is 10.4 Å². The normalized spacial score (nSPS) is 11.2. The summed E-state index contributed by atoms with van der Waals surface area (Å²) in [5, 5.41) is 0. The summed E-state index contributed by atoms with van der Waals surface area (Å²) < 4.78 is 22.2. The minimum absolute atomic E-state index is 0.0186. The van der Waals surface area contributed by atoms with Crippen molar-refractivity contribution in [2.45, 2.75) is 11.2 Å². The monoisotopic (exact) mass is 210 g/mol. The van der Waals surface area contributed by atoms with E-state index in [0.717, 1.165) is 6.26 Å². The fourth-order valence-electron chi connectivity index (χ4n) is 1.09. The highest BCUT2D eigenvalue weighted by atomic mass is 32.2. The van der Waals surface area contributed by atoms with Gasteiger partial charge in [0.05, 0.1) is 4.90 Å². The Balaban J connectivity index is 3.07. The fourth-order valence-corrected chi connectivity index (χ4v) is 1.72. The predicted octanol–water partition coefficient (Wildman–Crippen LogP) is 0.324. The molecule has 1 aromatic rings. The molecule has 0 bridgehead atoms.